The van der Waals surface area contributed by atoms with Gasteiger partial charge in [0.1, 0.15) is 11.3 Å². The Morgan fingerprint density at radius 1 is 1.11 bits per heavy atom. The largest absolute Gasteiger partial charge is 0.383 e. The molecule has 2 aromatic heterocycles. The van der Waals surface area contributed by atoms with Gasteiger partial charge in [-0.1, -0.05) is 17.7 Å². The molecule has 11 nitrogen and oxygen atoms in total. The van der Waals surface area contributed by atoms with E-state index in [4.69, 9.17) is 20.5 Å². The van der Waals surface area contributed by atoms with Gasteiger partial charge in [-0.05, 0) is 49.7 Å². The number of halogens is 1. The molecule has 0 unspecified atom stereocenters. The maximum Gasteiger partial charge on any atom is 0.335 e. The molecule has 4 aromatic rings. The highest BCUT2D eigenvalue weighted by Crippen LogP contribution is 2.29. The zero-order valence-electron chi connectivity index (χ0n) is 21.3. The van der Waals surface area contributed by atoms with Crippen molar-refractivity contribution in [3.8, 4) is 11.6 Å². The van der Waals surface area contributed by atoms with Crippen LogP contribution in [0, 0.1) is 13.8 Å². The Kier molecular flexibility index (Phi) is 7.33. The predicted molar refractivity (Wildman–Crippen MR) is 142 cm³/mol. The molecule has 2 aromatic carbocycles. The van der Waals surface area contributed by atoms with Gasteiger partial charge in [-0.3, -0.25) is 14.2 Å². The van der Waals surface area contributed by atoms with E-state index in [2.05, 4.69) is 5.10 Å². The first-order valence-corrected chi connectivity index (χ1v) is 13.3. The Balaban J connectivity index is 1.92. The van der Waals surface area contributed by atoms with Crippen molar-refractivity contribution in [3.05, 3.63) is 84.6 Å². The minimum Gasteiger partial charge on any atom is -0.383 e. The fraction of sp³-hybridized carbons (Fsp3) is 0.280. The molecule has 2 heterocycles. The molecule has 0 N–H and O–H groups in total. The zero-order chi connectivity index (χ0) is 27.9. The van der Waals surface area contributed by atoms with Crippen LogP contribution >= 0.6 is 11.6 Å². The fourth-order valence-electron chi connectivity index (χ4n) is 4.26. The summed E-state index contributed by atoms with van der Waals surface area (Å²) < 4.78 is 38.4. The quantitative estimate of drug-likeness (QED) is 0.237. The molecule has 0 fully saturated rings. The highest BCUT2D eigenvalue weighted by Gasteiger charge is 2.29. The summed E-state index contributed by atoms with van der Waals surface area (Å²) in [6.45, 7) is 3.04. The predicted octanol–water partition coefficient (Wildman–Crippen LogP) is 2.28. The molecule has 0 bridgehead atoms. The highest BCUT2D eigenvalue weighted by atomic mass is 35.5. The van der Waals surface area contributed by atoms with Gasteiger partial charge in [0.2, 0.25) is 11.7 Å². The molecule has 0 spiro atoms. The topological polar surface area (TPSA) is 131 Å². The Hall–Kier alpha value is -3.74. The molecule has 0 aliphatic carbocycles. The van der Waals surface area contributed by atoms with E-state index in [0.29, 0.717) is 16.1 Å². The lowest BCUT2D eigenvalue weighted by molar-refractivity contribution is 0.103. The summed E-state index contributed by atoms with van der Waals surface area (Å²) >= 11 is 6.09. The van der Waals surface area contributed by atoms with E-state index in [1.54, 1.807) is 32.0 Å². The monoisotopic (exact) mass is 560 g/mol. The molecule has 13 heteroatoms. The van der Waals surface area contributed by atoms with Crippen LogP contribution in [-0.2, 0) is 29.0 Å². The normalized spacial score (nSPS) is 11.7. The van der Waals surface area contributed by atoms with Gasteiger partial charge < -0.3 is 8.92 Å². The van der Waals surface area contributed by atoms with E-state index >= 15 is 0 Å². The Morgan fingerprint density at radius 2 is 1.82 bits per heavy atom. The molecule has 0 saturated carbocycles. The number of carbonyl (C=O) groups is 1. The van der Waals surface area contributed by atoms with Crippen LogP contribution in [0.1, 0.15) is 27.2 Å². The number of methoxy groups -OCH3 is 1. The first-order valence-electron chi connectivity index (χ1n) is 11.4. The number of hydrogen-bond acceptors (Lipinski definition) is 8. The summed E-state index contributed by atoms with van der Waals surface area (Å²) in [5.74, 6) is -1.26. The third-order valence-corrected chi connectivity index (χ3v) is 7.46. The first-order chi connectivity index (χ1) is 17.9. The number of hydrogen-bond donors (Lipinski definition) is 0. The lowest BCUT2D eigenvalue weighted by Crippen LogP contribution is -2.38. The van der Waals surface area contributed by atoms with E-state index < -0.39 is 32.9 Å². The molecule has 200 valence electrons. The van der Waals surface area contributed by atoms with E-state index in [1.807, 2.05) is 0 Å². The minimum atomic E-state index is -4.09. The number of nitrogens with zero attached hydrogens (tertiary/aromatic N) is 4. The summed E-state index contributed by atoms with van der Waals surface area (Å²) in [6, 6.07) is 9.30. The van der Waals surface area contributed by atoms with Crippen molar-refractivity contribution in [2.45, 2.75) is 13.8 Å². The Morgan fingerprint density at radius 3 is 2.47 bits per heavy atom. The molecule has 38 heavy (non-hydrogen) atoms. The summed E-state index contributed by atoms with van der Waals surface area (Å²) in [5, 5.41) is 4.66. The number of aromatic nitrogens is 4. The second-order valence-electron chi connectivity index (χ2n) is 8.65. The van der Waals surface area contributed by atoms with Crippen LogP contribution in [0.5, 0.6) is 5.88 Å². The van der Waals surface area contributed by atoms with Gasteiger partial charge >= 0.3 is 15.8 Å². The second-order valence-corrected chi connectivity index (χ2v) is 10.8. The maximum atomic E-state index is 13.8. The second kappa shape index (κ2) is 10.2. The van der Waals surface area contributed by atoms with Crippen LogP contribution < -0.4 is 15.4 Å². The van der Waals surface area contributed by atoms with E-state index in [1.165, 1.54) is 48.7 Å². The standard InChI is InChI=1S/C25H25ClN4O7S/c1-14-18(22(31)21-15(2)27-29(4)24(21)37-38(34,35)12-11-36-5)9-10-19-20(14)23(32)30(25(33)28(19)3)17-8-6-7-16(26)13-17/h6-10,13H,11-12H2,1-5H3. The SMILES string of the molecule is COCCS(=O)(=O)Oc1c(C(=O)c2ccc3c(c2C)c(=O)n(-c2cccc(Cl)c2)c(=O)n3C)c(C)nn1C. The van der Waals surface area contributed by atoms with Crippen molar-refractivity contribution in [1.29, 1.82) is 0 Å². The van der Waals surface area contributed by atoms with E-state index in [0.717, 1.165) is 4.57 Å². The van der Waals surface area contributed by atoms with Gasteiger partial charge in [-0.15, -0.1) is 0 Å². The lowest BCUT2D eigenvalue weighted by atomic mass is 9.96. The summed E-state index contributed by atoms with van der Waals surface area (Å²) in [6.07, 6.45) is 0. The highest BCUT2D eigenvalue weighted by molar-refractivity contribution is 7.87. The molecular weight excluding hydrogens is 536 g/mol. The smallest absolute Gasteiger partial charge is 0.335 e. The number of rotatable bonds is 8. The van der Waals surface area contributed by atoms with Crippen LogP contribution in [0.3, 0.4) is 0 Å². The number of ketones is 1. The minimum absolute atomic E-state index is 0.0593. The van der Waals surface area contributed by atoms with Crippen molar-refractivity contribution in [2.24, 2.45) is 14.1 Å². The third kappa shape index (κ3) is 4.77. The molecule has 0 atom stereocenters. The van der Waals surface area contributed by atoms with Crippen molar-refractivity contribution >= 4 is 38.4 Å². The van der Waals surface area contributed by atoms with Crippen LogP contribution in [0.2, 0.25) is 5.02 Å². The number of benzene rings is 2. The van der Waals surface area contributed by atoms with Crippen molar-refractivity contribution in [2.75, 3.05) is 19.5 Å². The molecule has 4 rings (SSSR count). The Bertz CT molecular complexity index is 1820. The van der Waals surface area contributed by atoms with Crippen LogP contribution in [-0.4, -0.2) is 52.6 Å². The number of fused-ring (bicyclic) bond motifs is 1. The lowest BCUT2D eigenvalue weighted by Gasteiger charge is -2.15. The average Bonchev–Trinajstić information content (AvgIpc) is 3.12. The van der Waals surface area contributed by atoms with Crippen LogP contribution in [0.25, 0.3) is 16.6 Å². The number of aryl methyl sites for hydroxylation is 4. The van der Waals surface area contributed by atoms with Gasteiger partial charge in [-0.25, -0.2) is 14.0 Å². The molecular formula is C25H25ClN4O7S. The molecule has 0 aliphatic rings. The first kappa shape index (κ1) is 27.3. The summed E-state index contributed by atoms with van der Waals surface area (Å²) in [4.78, 5) is 40.5. The Labute approximate surface area is 222 Å². The third-order valence-electron chi connectivity index (χ3n) is 6.15. The maximum absolute atomic E-state index is 13.8. The van der Waals surface area contributed by atoms with Gasteiger partial charge in [-0.2, -0.15) is 13.5 Å². The van der Waals surface area contributed by atoms with Gasteiger partial charge in [0.25, 0.3) is 5.56 Å². The van der Waals surface area contributed by atoms with Gasteiger partial charge in [0.05, 0.1) is 28.9 Å². The summed E-state index contributed by atoms with van der Waals surface area (Å²) in [7, 11) is 0.250. The molecule has 0 amide bonds. The van der Waals surface area contributed by atoms with Gasteiger partial charge in [0.15, 0.2) is 0 Å². The zero-order valence-corrected chi connectivity index (χ0v) is 22.9. The molecule has 0 saturated heterocycles. The van der Waals surface area contributed by atoms with Crippen molar-refractivity contribution in [1.82, 2.24) is 18.9 Å². The molecule has 0 radical (unpaired) electrons. The van der Waals surface area contributed by atoms with Crippen molar-refractivity contribution < 1.29 is 22.1 Å². The number of ether oxygens (including phenoxy) is 1. The van der Waals surface area contributed by atoms with Crippen LogP contribution in [0.15, 0.2) is 46.0 Å². The van der Waals surface area contributed by atoms with E-state index in [-0.39, 0.29) is 40.4 Å². The van der Waals surface area contributed by atoms with Crippen LogP contribution in [0.4, 0.5) is 0 Å². The van der Waals surface area contributed by atoms with E-state index in [9.17, 15) is 22.8 Å². The fourth-order valence-corrected chi connectivity index (χ4v) is 5.33. The molecule has 0 aliphatic heterocycles. The van der Waals surface area contributed by atoms with Crippen molar-refractivity contribution in [3.63, 3.8) is 0 Å². The van der Waals surface area contributed by atoms with Gasteiger partial charge in [0, 0.05) is 31.8 Å². The average molecular weight is 561 g/mol. The summed E-state index contributed by atoms with van der Waals surface area (Å²) in [5.41, 5.74) is 0.0144. The number of carbonyl (C=O) groups excluding carboxylic acids is 1.